The number of aromatic nitrogens is 1. The van der Waals surface area contributed by atoms with E-state index < -0.39 is 10.0 Å². The largest absolute Gasteiger partial charge is 0.382 e. The molecule has 1 saturated heterocycles. The summed E-state index contributed by atoms with van der Waals surface area (Å²) in [7, 11) is 0.00383. The van der Waals surface area contributed by atoms with Crippen molar-refractivity contribution in [3.63, 3.8) is 0 Å². The lowest BCUT2D eigenvalue weighted by Gasteiger charge is -2.25. The van der Waals surface area contributed by atoms with E-state index in [0.717, 1.165) is 19.4 Å². The quantitative estimate of drug-likeness (QED) is 0.897. The molecule has 1 aromatic rings. The van der Waals surface area contributed by atoms with Crippen molar-refractivity contribution in [1.29, 1.82) is 0 Å². The van der Waals surface area contributed by atoms with Crippen molar-refractivity contribution in [2.24, 2.45) is 0 Å². The van der Waals surface area contributed by atoms with Crippen molar-refractivity contribution in [2.45, 2.75) is 23.8 Å². The van der Waals surface area contributed by atoms with Gasteiger partial charge in [0, 0.05) is 25.8 Å². The van der Waals surface area contributed by atoms with Gasteiger partial charge in [-0.1, -0.05) is 11.6 Å². The summed E-state index contributed by atoms with van der Waals surface area (Å²) < 4.78 is 26.3. The topological polar surface area (TPSA) is 79.5 Å². The number of hydrogen-bond donors (Lipinski definition) is 1. The predicted molar refractivity (Wildman–Crippen MR) is 79.1 cm³/mol. The summed E-state index contributed by atoms with van der Waals surface area (Å²) in [5, 5.41) is 0.150. The van der Waals surface area contributed by atoms with Crippen LogP contribution < -0.4 is 5.73 Å². The van der Waals surface area contributed by atoms with Crippen molar-refractivity contribution in [3.05, 3.63) is 17.3 Å². The minimum absolute atomic E-state index is 0.0693. The summed E-state index contributed by atoms with van der Waals surface area (Å²) >= 11 is 5.84. The van der Waals surface area contributed by atoms with Crippen LogP contribution in [-0.4, -0.2) is 55.8 Å². The summed E-state index contributed by atoms with van der Waals surface area (Å²) in [5.74, 6) is 0.129. The van der Waals surface area contributed by atoms with Crippen LogP contribution in [0.5, 0.6) is 0 Å². The lowest BCUT2D eigenvalue weighted by molar-refractivity contribution is 0.271. The molecule has 112 valence electrons. The smallest absolute Gasteiger partial charge is 0.244 e. The summed E-state index contributed by atoms with van der Waals surface area (Å²) in [5.41, 5.74) is 5.50. The highest BCUT2D eigenvalue weighted by Gasteiger charge is 2.28. The van der Waals surface area contributed by atoms with Crippen molar-refractivity contribution < 1.29 is 8.42 Å². The third-order valence-electron chi connectivity index (χ3n) is 3.69. The SMILES string of the molecule is CN1CCCC1CN(C)S(=O)(=O)c1cnc(N)c(Cl)c1. The molecule has 0 saturated carbocycles. The molecular weight excluding hydrogens is 300 g/mol. The zero-order valence-electron chi connectivity index (χ0n) is 11.6. The van der Waals surface area contributed by atoms with Gasteiger partial charge in [-0.25, -0.2) is 13.4 Å². The molecule has 2 N–H and O–H groups in total. The number of nitrogens with zero attached hydrogens (tertiary/aromatic N) is 3. The minimum atomic E-state index is -3.58. The minimum Gasteiger partial charge on any atom is -0.382 e. The number of likely N-dealkylation sites (tertiary alicyclic amines) is 1. The Kier molecular flexibility index (Phi) is 4.53. The van der Waals surface area contributed by atoms with Gasteiger partial charge < -0.3 is 10.6 Å². The van der Waals surface area contributed by atoms with Gasteiger partial charge in [0.15, 0.2) is 0 Å². The Hall–Kier alpha value is -0.890. The molecule has 1 unspecified atom stereocenters. The van der Waals surface area contributed by atoms with Crippen LogP contribution >= 0.6 is 11.6 Å². The Morgan fingerprint density at radius 3 is 2.85 bits per heavy atom. The van der Waals surface area contributed by atoms with E-state index in [1.54, 1.807) is 7.05 Å². The fourth-order valence-electron chi connectivity index (χ4n) is 2.36. The van der Waals surface area contributed by atoms with E-state index in [1.165, 1.54) is 16.6 Å². The van der Waals surface area contributed by atoms with Crippen molar-refractivity contribution >= 4 is 27.4 Å². The van der Waals surface area contributed by atoms with Gasteiger partial charge in [-0.3, -0.25) is 0 Å². The lowest BCUT2D eigenvalue weighted by Crippen LogP contribution is -2.39. The number of sulfonamides is 1. The van der Waals surface area contributed by atoms with Crippen LogP contribution in [0.4, 0.5) is 5.82 Å². The predicted octanol–water partition coefficient (Wildman–Crippen LogP) is 1.03. The molecule has 1 atom stereocenters. The lowest BCUT2D eigenvalue weighted by atomic mass is 10.2. The van der Waals surface area contributed by atoms with E-state index in [1.807, 2.05) is 7.05 Å². The number of likely N-dealkylation sites (N-methyl/N-ethyl adjacent to an activating group) is 2. The average molecular weight is 319 g/mol. The molecule has 0 radical (unpaired) electrons. The average Bonchev–Trinajstić information content (AvgIpc) is 2.78. The van der Waals surface area contributed by atoms with E-state index in [9.17, 15) is 8.42 Å². The normalized spacial score (nSPS) is 20.7. The molecule has 8 heteroatoms. The second kappa shape index (κ2) is 5.85. The third-order valence-corrected chi connectivity index (χ3v) is 5.78. The molecule has 0 aliphatic carbocycles. The molecule has 1 fully saturated rings. The zero-order valence-corrected chi connectivity index (χ0v) is 13.2. The van der Waals surface area contributed by atoms with Gasteiger partial charge in [-0.05, 0) is 32.5 Å². The fourth-order valence-corrected chi connectivity index (χ4v) is 3.77. The molecular formula is C12H19ClN4O2S. The molecule has 0 amide bonds. The number of anilines is 1. The van der Waals surface area contributed by atoms with Gasteiger partial charge in [0.25, 0.3) is 0 Å². The van der Waals surface area contributed by atoms with E-state index in [2.05, 4.69) is 9.88 Å². The first-order valence-electron chi connectivity index (χ1n) is 6.40. The third kappa shape index (κ3) is 3.06. The second-order valence-electron chi connectivity index (χ2n) is 5.10. The van der Waals surface area contributed by atoms with Crippen LogP contribution in [-0.2, 0) is 10.0 Å². The number of pyridine rings is 1. The highest BCUT2D eigenvalue weighted by molar-refractivity contribution is 7.89. The number of halogens is 1. The molecule has 6 nitrogen and oxygen atoms in total. The van der Waals surface area contributed by atoms with Gasteiger partial charge in [-0.15, -0.1) is 0 Å². The second-order valence-corrected chi connectivity index (χ2v) is 7.55. The standard InChI is InChI=1S/C12H19ClN4O2S/c1-16-5-3-4-9(16)8-17(2)20(18,19)10-6-11(13)12(14)15-7-10/h6-7,9H,3-5,8H2,1-2H3,(H2,14,15). The van der Waals surface area contributed by atoms with Crippen LogP contribution in [0.1, 0.15) is 12.8 Å². The maximum atomic E-state index is 12.5. The van der Waals surface area contributed by atoms with Gasteiger partial charge in [0.05, 0.1) is 5.02 Å². The van der Waals surface area contributed by atoms with Crippen molar-refractivity contribution in [3.8, 4) is 0 Å². The van der Waals surface area contributed by atoms with Gasteiger partial charge in [0.1, 0.15) is 10.7 Å². The van der Waals surface area contributed by atoms with E-state index in [0.29, 0.717) is 6.54 Å². The zero-order chi connectivity index (χ0) is 14.9. The maximum absolute atomic E-state index is 12.5. The van der Waals surface area contributed by atoms with Crippen LogP contribution in [0.3, 0.4) is 0 Å². The number of rotatable bonds is 4. The molecule has 0 bridgehead atoms. The molecule has 1 aliphatic rings. The fraction of sp³-hybridized carbons (Fsp3) is 0.583. The maximum Gasteiger partial charge on any atom is 0.244 e. The van der Waals surface area contributed by atoms with Crippen LogP contribution in [0.25, 0.3) is 0 Å². The molecule has 2 rings (SSSR count). The van der Waals surface area contributed by atoms with Crippen LogP contribution in [0.15, 0.2) is 17.2 Å². The molecule has 20 heavy (non-hydrogen) atoms. The van der Waals surface area contributed by atoms with Crippen molar-refractivity contribution in [1.82, 2.24) is 14.2 Å². The summed E-state index contributed by atoms with van der Waals surface area (Å²) in [6, 6.07) is 1.60. The van der Waals surface area contributed by atoms with Crippen LogP contribution in [0, 0.1) is 0 Å². The monoisotopic (exact) mass is 318 g/mol. The van der Waals surface area contributed by atoms with Gasteiger partial charge >= 0.3 is 0 Å². The molecule has 2 heterocycles. The summed E-state index contributed by atoms with van der Waals surface area (Å²) in [6.07, 6.45) is 3.35. The highest BCUT2D eigenvalue weighted by Crippen LogP contribution is 2.23. The summed E-state index contributed by atoms with van der Waals surface area (Å²) in [6.45, 7) is 1.47. The summed E-state index contributed by atoms with van der Waals surface area (Å²) in [4.78, 5) is 6.05. The van der Waals surface area contributed by atoms with E-state index in [-0.39, 0.29) is 21.8 Å². The Bertz CT molecular complexity index is 593. The van der Waals surface area contributed by atoms with Gasteiger partial charge in [0.2, 0.25) is 10.0 Å². The Morgan fingerprint density at radius 1 is 1.60 bits per heavy atom. The molecule has 1 aromatic heterocycles. The van der Waals surface area contributed by atoms with E-state index in [4.69, 9.17) is 17.3 Å². The van der Waals surface area contributed by atoms with Gasteiger partial charge in [-0.2, -0.15) is 4.31 Å². The van der Waals surface area contributed by atoms with Crippen molar-refractivity contribution in [2.75, 3.05) is 32.9 Å². The van der Waals surface area contributed by atoms with Crippen LogP contribution in [0.2, 0.25) is 5.02 Å². The number of hydrogen-bond acceptors (Lipinski definition) is 5. The molecule has 0 aromatic carbocycles. The number of nitrogen functional groups attached to an aromatic ring is 1. The first-order chi connectivity index (χ1) is 9.32. The highest BCUT2D eigenvalue weighted by atomic mass is 35.5. The van der Waals surface area contributed by atoms with E-state index >= 15 is 0 Å². The first-order valence-corrected chi connectivity index (χ1v) is 8.22. The Morgan fingerprint density at radius 2 is 2.30 bits per heavy atom. The molecule has 0 spiro atoms. The molecule has 1 aliphatic heterocycles. The first kappa shape index (κ1) is 15.5. The number of nitrogens with two attached hydrogens (primary N) is 1. The Labute approximate surface area is 124 Å². The Balaban J connectivity index is 2.18.